The number of anilines is 2. The number of amides is 3. The van der Waals surface area contributed by atoms with E-state index >= 15 is 0 Å². The summed E-state index contributed by atoms with van der Waals surface area (Å²) in [5, 5.41) is 5.45. The molecule has 3 amide bonds. The van der Waals surface area contributed by atoms with Crippen LogP contribution >= 0.6 is 0 Å². The Bertz CT molecular complexity index is 958. The first-order valence-electron chi connectivity index (χ1n) is 9.21. The molecule has 3 rings (SSSR count). The molecule has 3 aromatic carbocycles. The predicted molar refractivity (Wildman–Crippen MR) is 112 cm³/mol. The Morgan fingerprint density at radius 3 is 2.14 bits per heavy atom. The predicted octanol–water partition coefficient (Wildman–Crippen LogP) is 4.35. The maximum absolute atomic E-state index is 12.9. The van der Waals surface area contributed by atoms with Crippen LogP contribution in [-0.2, 0) is 17.8 Å². The Morgan fingerprint density at radius 2 is 1.48 bits per heavy atom. The van der Waals surface area contributed by atoms with Crippen LogP contribution in [0.15, 0.2) is 78.9 Å². The van der Waals surface area contributed by atoms with E-state index in [1.54, 1.807) is 36.2 Å². The maximum atomic E-state index is 12.9. The van der Waals surface area contributed by atoms with Gasteiger partial charge in [-0.05, 0) is 47.5 Å². The quantitative estimate of drug-likeness (QED) is 0.656. The Hall–Kier alpha value is -3.67. The molecule has 5 nitrogen and oxygen atoms in total. The zero-order valence-electron chi connectivity index (χ0n) is 16.1. The van der Waals surface area contributed by atoms with E-state index < -0.39 is 0 Å². The van der Waals surface area contributed by atoms with Gasteiger partial charge >= 0.3 is 6.03 Å². The number of hydrogen-bond donors (Lipinski definition) is 2. The number of carbonyl (C=O) groups excluding carboxylic acids is 2. The number of nitrogens with zero attached hydrogens (tertiary/aromatic N) is 1. The summed E-state index contributed by atoms with van der Waals surface area (Å²) in [6.07, 6.45) is 0.266. The number of benzene rings is 3. The Labute approximate surface area is 169 Å². The molecular formula is C23H22FN3O2. The van der Waals surface area contributed by atoms with Gasteiger partial charge in [-0.25, -0.2) is 9.18 Å². The number of likely N-dealkylation sites (N-methyl/N-ethyl adjacent to an activating group) is 1. The van der Waals surface area contributed by atoms with Gasteiger partial charge in [0, 0.05) is 25.0 Å². The molecule has 0 heterocycles. The van der Waals surface area contributed by atoms with Crippen LogP contribution in [0.4, 0.5) is 20.6 Å². The summed E-state index contributed by atoms with van der Waals surface area (Å²) in [6, 6.07) is 22.2. The molecule has 2 N–H and O–H groups in total. The maximum Gasteiger partial charge on any atom is 0.319 e. The van der Waals surface area contributed by atoms with Crippen LogP contribution in [0, 0.1) is 5.82 Å². The van der Waals surface area contributed by atoms with E-state index in [-0.39, 0.29) is 24.2 Å². The zero-order valence-corrected chi connectivity index (χ0v) is 16.1. The second-order valence-electron chi connectivity index (χ2n) is 6.60. The van der Waals surface area contributed by atoms with Crippen molar-refractivity contribution in [2.24, 2.45) is 0 Å². The molecule has 0 fully saturated rings. The van der Waals surface area contributed by atoms with Crippen LogP contribution in [0.3, 0.4) is 0 Å². The molecule has 0 saturated carbocycles. The molecule has 0 atom stereocenters. The first-order valence-corrected chi connectivity index (χ1v) is 9.21. The Morgan fingerprint density at radius 1 is 0.862 bits per heavy atom. The highest BCUT2D eigenvalue weighted by molar-refractivity contribution is 5.94. The van der Waals surface area contributed by atoms with Gasteiger partial charge in [-0.15, -0.1) is 0 Å². The molecule has 0 unspecified atom stereocenters. The van der Waals surface area contributed by atoms with Crippen molar-refractivity contribution in [3.05, 3.63) is 95.8 Å². The molecule has 0 aromatic heterocycles. The number of hydrogen-bond acceptors (Lipinski definition) is 2. The molecule has 0 spiro atoms. The molecular weight excluding hydrogens is 369 g/mol. The summed E-state index contributed by atoms with van der Waals surface area (Å²) in [4.78, 5) is 26.1. The monoisotopic (exact) mass is 391 g/mol. The van der Waals surface area contributed by atoms with Crippen molar-refractivity contribution < 1.29 is 14.0 Å². The number of rotatable bonds is 6. The van der Waals surface area contributed by atoms with Crippen LogP contribution in [0.5, 0.6) is 0 Å². The molecule has 0 aliphatic heterocycles. The summed E-state index contributed by atoms with van der Waals surface area (Å²) in [6.45, 7) is 0.296. The van der Waals surface area contributed by atoms with Crippen LogP contribution in [-0.4, -0.2) is 19.0 Å². The number of urea groups is 1. The van der Waals surface area contributed by atoms with E-state index in [4.69, 9.17) is 0 Å². The minimum absolute atomic E-state index is 0.0195. The molecule has 0 aliphatic rings. The van der Waals surface area contributed by atoms with E-state index in [0.29, 0.717) is 12.2 Å². The van der Waals surface area contributed by atoms with Crippen molar-refractivity contribution in [3.8, 4) is 0 Å². The van der Waals surface area contributed by atoms with Crippen molar-refractivity contribution in [1.82, 2.24) is 5.32 Å². The number of nitrogens with one attached hydrogen (secondary N) is 2. The standard InChI is InChI=1S/C23H22FN3O2/c1-27(21-5-3-2-4-6-21)22(28)15-17-9-13-20(14-10-17)26-23(29)25-16-18-7-11-19(24)12-8-18/h2-14H,15-16H2,1H3,(H2,25,26,29). The molecule has 148 valence electrons. The lowest BCUT2D eigenvalue weighted by Gasteiger charge is -2.17. The largest absolute Gasteiger partial charge is 0.334 e. The van der Waals surface area contributed by atoms with Crippen LogP contribution < -0.4 is 15.5 Å². The highest BCUT2D eigenvalue weighted by Crippen LogP contribution is 2.15. The Balaban J connectivity index is 1.49. The van der Waals surface area contributed by atoms with Crippen molar-refractivity contribution in [2.75, 3.05) is 17.3 Å². The number of para-hydroxylation sites is 1. The van der Waals surface area contributed by atoms with Gasteiger partial charge in [-0.3, -0.25) is 4.79 Å². The first-order chi connectivity index (χ1) is 14.0. The van der Waals surface area contributed by atoms with Crippen molar-refractivity contribution in [3.63, 3.8) is 0 Å². The zero-order chi connectivity index (χ0) is 20.6. The molecule has 0 bridgehead atoms. The average Bonchev–Trinajstić information content (AvgIpc) is 2.75. The van der Waals surface area contributed by atoms with E-state index in [9.17, 15) is 14.0 Å². The third-order valence-electron chi connectivity index (χ3n) is 4.45. The summed E-state index contributed by atoms with van der Waals surface area (Å²) in [5.41, 5.74) is 3.12. The number of carbonyl (C=O) groups is 2. The van der Waals surface area contributed by atoms with Gasteiger partial charge in [0.15, 0.2) is 0 Å². The molecule has 0 radical (unpaired) electrons. The van der Waals surface area contributed by atoms with Gasteiger partial charge in [-0.2, -0.15) is 0 Å². The highest BCUT2D eigenvalue weighted by atomic mass is 19.1. The summed E-state index contributed by atoms with van der Waals surface area (Å²) in [7, 11) is 1.75. The van der Waals surface area contributed by atoms with Gasteiger partial charge in [0.2, 0.25) is 5.91 Å². The SMILES string of the molecule is CN(C(=O)Cc1ccc(NC(=O)NCc2ccc(F)cc2)cc1)c1ccccc1. The van der Waals surface area contributed by atoms with Crippen molar-refractivity contribution in [2.45, 2.75) is 13.0 Å². The average molecular weight is 391 g/mol. The van der Waals surface area contributed by atoms with E-state index in [0.717, 1.165) is 16.8 Å². The normalized spacial score (nSPS) is 10.3. The Kier molecular flexibility index (Phi) is 6.58. The topological polar surface area (TPSA) is 61.4 Å². The third-order valence-corrected chi connectivity index (χ3v) is 4.45. The van der Waals surface area contributed by atoms with Gasteiger partial charge in [0.05, 0.1) is 6.42 Å². The molecule has 29 heavy (non-hydrogen) atoms. The van der Waals surface area contributed by atoms with Crippen LogP contribution in [0.1, 0.15) is 11.1 Å². The minimum atomic E-state index is -0.359. The summed E-state index contributed by atoms with van der Waals surface area (Å²) >= 11 is 0. The second kappa shape index (κ2) is 9.50. The fourth-order valence-corrected chi connectivity index (χ4v) is 2.75. The smallest absolute Gasteiger partial charge is 0.319 e. The molecule has 3 aromatic rings. The fraction of sp³-hybridized carbons (Fsp3) is 0.130. The lowest BCUT2D eigenvalue weighted by atomic mass is 10.1. The lowest BCUT2D eigenvalue weighted by molar-refractivity contribution is -0.117. The second-order valence-corrected chi connectivity index (χ2v) is 6.60. The van der Waals surface area contributed by atoms with Gasteiger partial charge in [-0.1, -0.05) is 42.5 Å². The molecule has 0 aliphatic carbocycles. The van der Waals surface area contributed by atoms with Gasteiger partial charge in [0.25, 0.3) is 0 Å². The highest BCUT2D eigenvalue weighted by Gasteiger charge is 2.11. The summed E-state index contributed by atoms with van der Waals surface area (Å²) in [5.74, 6) is -0.333. The number of halogens is 1. The molecule has 6 heteroatoms. The van der Waals surface area contributed by atoms with Crippen molar-refractivity contribution in [1.29, 1.82) is 0 Å². The van der Waals surface area contributed by atoms with E-state index in [1.165, 1.54) is 12.1 Å². The van der Waals surface area contributed by atoms with Gasteiger partial charge < -0.3 is 15.5 Å². The van der Waals surface area contributed by atoms with E-state index in [2.05, 4.69) is 10.6 Å². The first kappa shape index (κ1) is 20.1. The van der Waals surface area contributed by atoms with E-state index in [1.807, 2.05) is 42.5 Å². The fourth-order valence-electron chi connectivity index (χ4n) is 2.75. The van der Waals surface area contributed by atoms with Crippen LogP contribution in [0.25, 0.3) is 0 Å². The minimum Gasteiger partial charge on any atom is -0.334 e. The van der Waals surface area contributed by atoms with Crippen LogP contribution in [0.2, 0.25) is 0 Å². The van der Waals surface area contributed by atoms with Crippen molar-refractivity contribution >= 4 is 23.3 Å². The van der Waals surface area contributed by atoms with Gasteiger partial charge in [0.1, 0.15) is 5.82 Å². The summed E-state index contributed by atoms with van der Waals surface area (Å²) < 4.78 is 12.9. The lowest BCUT2D eigenvalue weighted by Crippen LogP contribution is -2.28. The molecule has 0 saturated heterocycles. The third kappa shape index (κ3) is 5.90.